The fraction of sp³-hybridized carbons (Fsp3) is 0. The molecule has 0 saturated heterocycles. The van der Waals surface area contributed by atoms with Gasteiger partial charge in [0.05, 0.1) is 0 Å². The van der Waals surface area contributed by atoms with Gasteiger partial charge in [0.1, 0.15) is 22.7 Å². The maximum atomic E-state index is 6.06. The molecule has 0 bridgehead atoms. The normalized spacial score (nSPS) is 16.5. The fourth-order valence-electron chi connectivity index (χ4n) is 4.73. The number of anilines is 4. The van der Waals surface area contributed by atoms with Crippen LogP contribution in [0.1, 0.15) is 11.1 Å². The second-order valence-electron chi connectivity index (χ2n) is 9.75. The van der Waals surface area contributed by atoms with Crippen LogP contribution >= 0.6 is 14.0 Å². The highest BCUT2D eigenvalue weighted by atomic mass is 32.4. The second kappa shape index (κ2) is 12.5. The number of rotatable bonds is 6. The summed E-state index contributed by atoms with van der Waals surface area (Å²) in [7, 11) is 0. The van der Waals surface area contributed by atoms with Gasteiger partial charge in [-0.1, -0.05) is 101 Å². The predicted octanol–water partition coefficient (Wildman–Crippen LogP) is 7.62. The van der Waals surface area contributed by atoms with Gasteiger partial charge in [0, 0.05) is 11.1 Å². The number of hydrogen-bond acceptors (Lipinski definition) is 6. The van der Waals surface area contributed by atoms with Crippen molar-refractivity contribution in [2.24, 2.45) is 10.2 Å². The Morgan fingerprint density at radius 1 is 0.432 bits per heavy atom. The van der Waals surface area contributed by atoms with E-state index in [2.05, 4.69) is 16.9 Å². The predicted molar refractivity (Wildman–Crippen MR) is 190 cm³/mol. The topological polar surface area (TPSA) is 61.7 Å². The van der Waals surface area contributed by atoms with E-state index in [0.717, 1.165) is 33.9 Å². The molecule has 0 amide bonds. The Kier molecular flexibility index (Phi) is 7.97. The molecule has 2 unspecified atom stereocenters. The van der Waals surface area contributed by atoms with Crippen molar-refractivity contribution in [2.45, 2.75) is 0 Å². The summed E-state index contributed by atoms with van der Waals surface area (Å²) >= 11 is 12.1. The molecule has 12 heteroatoms. The van der Waals surface area contributed by atoms with E-state index in [1.807, 2.05) is 159 Å². The molecule has 44 heavy (non-hydrogen) atoms. The molecule has 5 aromatic rings. The molecule has 7 rings (SSSR count). The van der Waals surface area contributed by atoms with Crippen LogP contribution in [0.3, 0.4) is 0 Å². The largest absolute Gasteiger partial charge is 0.467 e. The molecule has 2 atom stereocenters. The lowest BCUT2D eigenvalue weighted by Gasteiger charge is -2.28. The van der Waals surface area contributed by atoms with E-state index in [9.17, 15) is 0 Å². The van der Waals surface area contributed by atoms with Crippen molar-refractivity contribution >= 4 is 72.0 Å². The lowest BCUT2D eigenvalue weighted by molar-refractivity contribution is 0.941. The summed E-state index contributed by atoms with van der Waals surface area (Å²) in [6.45, 7) is -2.57. The van der Waals surface area contributed by atoms with Crippen LogP contribution in [0.15, 0.2) is 156 Å². The SMILES string of the molecule is S=[P+]1N(c2ccccc2)N=C(c2cccc(C3=NN(c4ccccc4)[P+](=S)N(c4ccccc4)N3)c2)NN1c1ccccc1. The van der Waals surface area contributed by atoms with Crippen molar-refractivity contribution in [1.29, 1.82) is 0 Å². The molecule has 0 saturated carbocycles. The van der Waals surface area contributed by atoms with Crippen LogP contribution in [-0.4, -0.2) is 11.7 Å². The van der Waals surface area contributed by atoms with Crippen molar-refractivity contribution in [3.8, 4) is 0 Å². The molecule has 0 aromatic heterocycles. The van der Waals surface area contributed by atoms with Gasteiger partial charge in [0.25, 0.3) is 0 Å². The van der Waals surface area contributed by atoms with Gasteiger partial charge in [0.15, 0.2) is 11.7 Å². The Balaban J connectivity index is 1.29. The third kappa shape index (κ3) is 5.64. The Bertz CT molecular complexity index is 1740. The van der Waals surface area contributed by atoms with Gasteiger partial charge in [0.2, 0.25) is 23.6 Å². The minimum absolute atomic E-state index is 0.671. The average Bonchev–Trinajstić information content (AvgIpc) is 3.10. The number of hydrazine groups is 2. The summed E-state index contributed by atoms with van der Waals surface area (Å²) in [4.78, 5) is 0. The number of hydrazone groups is 2. The number of nitrogens with one attached hydrogen (secondary N) is 2. The molecule has 214 valence electrons. The van der Waals surface area contributed by atoms with Gasteiger partial charge in [-0.2, -0.15) is 0 Å². The van der Waals surface area contributed by atoms with Crippen LogP contribution in [-0.2, 0) is 23.6 Å². The highest BCUT2D eigenvalue weighted by Gasteiger charge is 2.40. The van der Waals surface area contributed by atoms with E-state index in [1.165, 1.54) is 0 Å². The minimum Gasteiger partial charge on any atom is -0.239 e. The zero-order chi connectivity index (χ0) is 29.9. The summed E-state index contributed by atoms with van der Waals surface area (Å²) in [6, 6.07) is 48.4. The number of hydrogen-bond donors (Lipinski definition) is 2. The average molecular weight is 649 g/mol. The lowest BCUT2D eigenvalue weighted by atomic mass is 10.1. The first-order valence-corrected chi connectivity index (χ1v) is 18.3. The van der Waals surface area contributed by atoms with Crippen molar-refractivity contribution in [2.75, 3.05) is 19.1 Å². The number of para-hydroxylation sites is 4. The molecule has 0 aliphatic carbocycles. The fourth-order valence-corrected chi connectivity index (χ4v) is 8.68. The second-order valence-corrected chi connectivity index (χ2v) is 14.3. The highest BCUT2D eigenvalue weighted by molar-refractivity contribution is 8.06. The van der Waals surface area contributed by atoms with Gasteiger partial charge >= 0.3 is 14.0 Å². The molecule has 8 nitrogen and oxygen atoms in total. The van der Waals surface area contributed by atoms with Gasteiger partial charge in [-0.25, -0.2) is 10.9 Å². The third-order valence-corrected chi connectivity index (χ3v) is 11.4. The molecule has 5 aromatic carbocycles. The Hall–Kier alpha value is -4.72. The van der Waals surface area contributed by atoms with Crippen LogP contribution in [0.5, 0.6) is 0 Å². The first-order valence-electron chi connectivity index (χ1n) is 13.8. The summed E-state index contributed by atoms with van der Waals surface area (Å²) < 4.78 is 7.87. The standard InChI is InChI=1S/C32H26N8P2S2/c43-41-37(27-16-5-1-6-17-27)33-31(34-38(41)28-18-7-2-8-19-28)25-14-13-15-26(24-25)32-35-39(29-20-9-3-10-21-29)42(44)40(36-32)30-22-11-4-12-23-30/h1-24H,(H,33,34)(H,35,36)/q+2. The smallest absolute Gasteiger partial charge is 0.239 e. The molecule has 0 radical (unpaired) electrons. The lowest BCUT2D eigenvalue weighted by Crippen LogP contribution is -2.46. The van der Waals surface area contributed by atoms with E-state index in [-0.39, 0.29) is 0 Å². The molecule has 2 heterocycles. The molecule has 2 N–H and O–H groups in total. The molecule has 2 aliphatic heterocycles. The number of nitrogens with zero attached hydrogens (tertiary/aromatic N) is 6. The zero-order valence-electron chi connectivity index (χ0n) is 23.3. The van der Waals surface area contributed by atoms with Gasteiger partial charge in [-0.15, -0.1) is 10.2 Å². The maximum Gasteiger partial charge on any atom is 0.467 e. The summed E-state index contributed by atoms with van der Waals surface area (Å²) in [5.74, 6) is 1.34. The monoisotopic (exact) mass is 648 g/mol. The van der Waals surface area contributed by atoms with Crippen LogP contribution < -0.4 is 30.0 Å². The Morgan fingerprint density at radius 3 is 1.14 bits per heavy atom. The van der Waals surface area contributed by atoms with E-state index < -0.39 is 14.0 Å². The summed E-state index contributed by atoms with van der Waals surface area (Å²) in [5.41, 5.74) is 12.6. The van der Waals surface area contributed by atoms with E-state index >= 15 is 0 Å². The molecule has 0 spiro atoms. The maximum absolute atomic E-state index is 6.06. The molecule has 0 fully saturated rings. The molecule has 2 aliphatic rings. The van der Waals surface area contributed by atoms with Crippen LogP contribution in [0.25, 0.3) is 0 Å². The van der Waals surface area contributed by atoms with Gasteiger partial charge < -0.3 is 0 Å². The quantitative estimate of drug-likeness (QED) is 0.183. The van der Waals surface area contributed by atoms with Crippen molar-refractivity contribution < 1.29 is 0 Å². The number of benzene rings is 5. The highest BCUT2D eigenvalue weighted by Crippen LogP contribution is 2.43. The van der Waals surface area contributed by atoms with Crippen LogP contribution in [0.4, 0.5) is 22.7 Å². The van der Waals surface area contributed by atoms with Crippen molar-refractivity contribution in [1.82, 2.24) is 10.9 Å². The van der Waals surface area contributed by atoms with Crippen LogP contribution in [0, 0.1) is 0 Å². The van der Waals surface area contributed by atoms with E-state index in [0.29, 0.717) is 11.7 Å². The summed E-state index contributed by atoms with van der Waals surface area (Å²) in [5, 5.41) is 10.1. The Morgan fingerprint density at radius 2 is 0.773 bits per heavy atom. The van der Waals surface area contributed by atoms with Gasteiger partial charge in [-0.05, 0) is 64.2 Å². The van der Waals surface area contributed by atoms with Crippen molar-refractivity contribution in [3.05, 3.63) is 157 Å². The minimum atomic E-state index is -1.28. The first kappa shape index (κ1) is 28.1. The van der Waals surface area contributed by atoms with Gasteiger partial charge in [-0.3, -0.25) is 0 Å². The Labute approximate surface area is 267 Å². The van der Waals surface area contributed by atoms with E-state index in [4.69, 9.17) is 33.8 Å². The summed E-state index contributed by atoms with van der Waals surface area (Å²) in [6.07, 6.45) is 0. The van der Waals surface area contributed by atoms with Crippen molar-refractivity contribution in [3.63, 3.8) is 0 Å². The zero-order valence-corrected chi connectivity index (χ0v) is 26.7. The van der Waals surface area contributed by atoms with E-state index in [1.54, 1.807) is 0 Å². The number of amidine groups is 2. The molecular formula is C32H26N8P2S2+2. The first-order chi connectivity index (χ1) is 21.7. The molecular weight excluding hydrogens is 622 g/mol. The van der Waals surface area contributed by atoms with Crippen LogP contribution in [0.2, 0.25) is 0 Å². The third-order valence-electron chi connectivity index (χ3n) is 6.86.